The Morgan fingerprint density at radius 3 is 2.63 bits per heavy atom. The van der Waals surface area contributed by atoms with E-state index in [0.29, 0.717) is 13.0 Å². The molecule has 0 aliphatic carbocycles. The highest BCUT2D eigenvalue weighted by atomic mass is 35.5. The van der Waals surface area contributed by atoms with Crippen LogP contribution in [0.15, 0.2) is 36.6 Å². The second-order valence-electron chi connectivity index (χ2n) is 7.11. The van der Waals surface area contributed by atoms with Gasteiger partial charge in [-0.2, -0.15) is 0 Å². The minimum Gasteiger partial charge on any atom is -0.357 e. The summed E-state index contributed by atoms with van der Waals surface area (Å²) in [6.07, 6.45) is 2.98. The van der Waals surface area contributed by atoms with Gasteiger partial charge in [0.25, 0.3) is 0 Å². The molecule has 0 spiro atoms. The fraction of sp³-hybridized carbons (Fsp3) is 0.368. The Labute approximate surface area is 162 Å². The number of rotatable bonds is 5. The Kier molecular flexibility index (Phi) is 6.26. The number of nitrogens with one attached hydrogen (secondary N) is 2. The van der Waals surface area contributed by atoms with Crippen molar-refractivity contribution in [2.45, 2.75) is 26.3 Å². The second-order valence-corrected chi connectivity index (χ2v) is 7.49. The fourth-order valence-electron chi connectivity index (χ4n) is 3.08. The zero-order valence-electron chi connectivity index (χ0n) is 15.4. The number of benzene rings is 1. The Morgan fingerprint density at radius 2 is 2.04 bits per heavy atom. The molecule has 1 aromatic carbocycles. The Bertz CT molecular complexity index is 808. The van der Waals surface area contributed by atoms with Gasteiger partial charge < -0.3 is 15.5 Å². The number of likely N-dealkylation sites (N-methyl/N-ethyl adjacent to an activating group) is 1. The third-order valence-electron chi connectivity index (χ3n) is 4.37. The van der Waals surface area contributed by atoms with E-state index in [1.807, 2.05) is 13.8 Å². The number of amides is 2. The summed E-state index contributed by atoms with van der Waals surface area (Å²) in [5, 5.41) is 4.43. The van der Waals surface area contributed by atoms with E-state index >= 15 is 0 Å². The Hall–Kier alpha value is -2.41. The average molecular weight is 398 g/mol. The Balaban J connectivity index is 2.34. The normalized spacial score (nSPS) is 19.0. The van der Waals surface area contributed by atoms with Crippen LogP contribution < -0.4 is 15.5 Å². The summed E-state index contributed by atoms with van der Waals surface area (Å²) in [7, 11) is 1.46. The van der Waals surface area contributed by atoms with Crippen LogP contribution in [-0.4, -0.2) is 31.4 Å². The van der Waals surface area contributed by atoms with E-state index in [1.165, 1.54) is 25.3 Å². The molecule has 8 heteroatoms. The Morgan fingerprint density at radius 1 is 1.37 bits per heavy atom. The van der Waals surface area contributed by atoms with Gasteiger partial charge >= 0.3 is 0 Å². The van der Waals surface area contributed by atoms with Gasteiger partial charge in [0, 0.05) is 25.4 Å². The van der Waals surface area contributed by atoms with Gasteiger partial charge in [0.2, 0.25) is 11.8 Å². The van der Waals surface area contributed by atoms with Gasteiger partial charge in [0.05, 0.1) is 5.69 Å². The fourth-order valence-corrected chi connectivity index (χ4v) is 3.24. The highest BCUT2D eigenvalue weighted by molar-refractivity contribution is 6.31. The first-order chi connectivity index (χ1) is 12.6. The molecule has 27 heavy (non-hydrogen) atoms. The van der Waals surface area contributed by atoms with Crippen molar-refractivity contribution >= 4 is 29.1 Å². The van der Waals surface area contributed by atoms with Gasteiger partial charge in [-0.15, -0.1) is 0 Å². The van der Waals surface area contributed by atoms with Crippen LogP contribution in [0.2, 0.25) is 5.02 Å². The van der Waals surface area contributed by atoms with Crippen molar-refractivity contribution < 1.29 is 18.4 Å². The average Bonchev–Trinajstić information content (AvgIpc) is 2.94. The van der Waals surface area contributed by atoms with Crippen molar-refractivity contribution in [2.24, 2.45) is 5.41 Å². The number of halogens is 3. The van der Waals surface area contributed by atoms with Gasteiger partial charge in [-0.25, -0.2) is 8.78 Å². The number of anilines is 1. The minimum absolute atomic E-state index is 0.0579. The molecule has 1 unspecified atom stereocenters. The third kappa shape index (κ3) is 4.66. The predicted octanol–water partition coefficient (Wildman–Crippen LogP) is 3.16. The topological polar surface area (TPSA) is 61.4 Å². The largest absolute Gasteiger partial charge is 0.357 e. The molecule has 5 nitrogen and oxygen atoms in total. The highest BCUT2D eigenvalue weighted by Gasteiger charge is 2.42. The zero-order valence-corrected chi connectivity index (χ0v) is 16.2. The summed E-state index contributed by atoms with van der Waals surface area (Å²) in [5.74, 6) is -2.59. The lowest BCUT2D eigenvalue weighted by Gasteiger charge is -2.27. The molecule has 2 amide bonds. The van der Waals surface area contributed by atoms with Crippen LogP contribution in [0, 0.1) is 17.0 Å². The maximum absolute atomic E-state index is 14.5. The van der Waals surface area contributed by atoms with Crippen molar-refractivity contribution in [3.05, 3.63) is 53.2 Å². The van der Waals surface area contributed by atoms with E-state index in [-0.39, 0.29) is 16.8 Å². The number of carbonyl (C=O) groups is 2. The third-order valence-corrected chi connectivity index (χ3v) is 4.71. The molecule has 146 valence electrons. The minimum atomic E-state index is -0.906. The molecule has 1 atom stereocenters. The van der Waals surface area contributed by atoms with Gasteiger partial charge in [-0.3, -0.25) is 9.59 Å². The molecule has 1 fully saturated rings. The standard InChI is InChI=1S/C19H22ClF2N3O2/c1-5-11(8-15(26)23-4)24-18(27)14-9-19(2,3)10-25(14)13-7-6-12(21)16(20)17(13)22/h5-8,14H,1,9-10H2,2-4H3,(H,23,26)(H,24,27)/b11-8+. The van der Waals surface area contributed by atoms with E-state index in [1.54, 1.807) is 4.90 Å². The van der Waals surface area contributed by atoms with Gasteiger partial charge in [-0.1, -0.05) is 32.0 Å². The first-order valence-electron chi connectivity index (χ1n) is 8.36. The zero-order chi connectivity index (χ0) is 20.4. The molecular formula is C19H22ClF2N3O2. The summed E-state index contributed by atoms with van der Waals surface area (Å²) in [6.45, 7) is 7.85. The summed E-state index contributed by atoms with van der Waals surface area (Å²) >= 11 is 5.70. The highest BCUT2D eigenvalue weighted by Crippen LogP contribution is 2.40. The number of nitrogens with zero attached hydrogens (tertiary/aromatic N) is 1. The van der Waals surface area contributed by atoms with Crippen molar-refractivity contribution in [3.8, 4) is 0 Å². The van der Waals surface area contributed by atoms with Crippen LogP contribution in [0.5, 0.6) is 0 Å². The lowest BCUT2D eigenvalue weighted by Crippen LogP contribution is -2.43. The molecule has 2 rings (SSSR count). The molecule has 1 heterocycles. The molecule has 1 aromatic rings. The van der Waals surface area contributed by atoms with Crippen molar-refractivity contribution in [1.82, 2.24) is 10.6 Å². The van der Waals surface area contributed by atoms with Crippen LogP contribution in [0.25, 0.3) is 0 Å². The lowest BCUT2D eigenvalue weighted by atomic mass is 9.90. The maximum Gasteiger partial charge on any atom is 0.247 e. The quantitative estimate of drug-likeness (QED) is 0.456. The first-order valence-corrected chi connectivity index (χ1v) is 8.74. The second kappa shape index (κ2) is 8.08. The van der Waals surface area contributed by atoms with E-state index in [2.05, 4.69) is 17.2 Å². The molecule has 0 aromatic heterocycles. The number of allylic oxidation sites excluding steroid dienone is 1. The van der Waals surface area contributed by atoms with Crippen LogP contribution >= 0.6 is 11.6 Å². The maximum atomic E-state index is 14.5. The number of hydrogen-bond donors (Lipinski definition) is 2. The molecule has 0 saturated carbocycles. The van der Waals surface area contributed by atoms with Crippen LogP contribution in [0.4, 0.5) is 14.5 Å². The SMILES string of the molecule is C=C/C(=C\C(=O)NC)NC(=O)C1CC(C)(C)CN1c1ccc(F)c(Cl)c1F. The van der Waals surface area contributed by atoms with Crippen LogP contribution in [-0.2, 0) is 9.59 Å². The van der Waals surface area contributed by atoms with Crippen molar-refractivity contribution in [3.63, 3.8) is 0 Å². The summed E-state index contributed by atoms with van der Waals surface area (Å²) < 4.78 is 28.0. The van der Waals surface area contributed by atoms with Gasteiger partial charge in [0.1, 0.15) is 16.9 Å². The van der Waals surface area contributed by atoms with Gasteiger partial charge in [0.15, 0.2) is 5.82 Å². The van der Waals surface area contributed by atoms with Crippen LogP contribution in [0.1, 0.15) is 20.3 Å². The van der Waals surface area contributed by atoms with Gasteiger partial charge in [-0.05, 0) is 30.0 Å². The molecule has 1 saturated heterocycles. The van der Waals surface area contributed by atoms with Crippen molar-refractivity contribution in [2.75, 3.05) is 18.5 Å². The summed E-state index contributed by atoms with van der Waals surface area (Å²) in [6, 6.07) is 1.62. The molecular weight excluding hydrogens is 376 g/mol. The molecule has 1 aliphatic heterocycles. The summed E-state index contributed by atoms with van der Waals surface area (Å²) in [5.41, 5.74) is -0.00193. The smallest absolute Gasteiger partial charge is 0.247 e. The first kappa shape index (κ1) is 20.9. The molecule has 0 bridgehead atoms. The number of hydrogen-bond acceptors (Lipinski definition) is 3. The number of carbonyl (C=O) groups excluding carboxylic acids is 2. The molecule has 0 radical (unpaired) electrons. The monoisotopic (exact) mass is 397 g/mol. The molecule has 2 N–H and O–H groups in total. The van der Waals surface area contributed by atoms with Crippen LogP contribution in [0.3, 0.4) is 0 Å². The van der Waals surface area contributed by atoms with E-state index in [9.17, 15) is 18.4 Å². The van der Waals surface area contributed by atoms with E-state index in [4.69, 9.17) is 11.6 Å². The summed E-state index contributed by atoms with van der Waals surface area (Å²) in [4.78, 5) is 25.9. The van der Waals surface area contributed by atoms with E-state index in [0.717, 1.165) is 6.07 Å². The lowest BCUT2D eigenvalue weighted by molar-refractivity contribution is -0.121. The van der Waals surface area contributed by atoms with Crippen molar-refractivity contribution in [1.29, 1.82) is 0 Å². The van der Waals surface area contributed by atoms with E-state index < -0.39 is 34.5 Å². The predicted molar refractivity (Wildman–Crippen MR) is 101 cm³/mol. The molecule has 1 aliphatic rings.